The summed E-state index contributed by atoms with van der Waals surface area (Å²) in [5, 5.41) is 4.81. The fraction of sp³-hybridized carbons (Fsp3) is 0.208. The fourth-order valence-corrected chi connectivity index (χ4v) is 9.23. The summed E-state index contributed by atoms with van der Waals surface area (Å²) in [5.41, 5.74) is 9.05. The monoisotopic (exact) mass is 706 g/mol. The number of nitrogens with zero attached hydrogens (tertiary/aromatic N) is 4. The van der Waals surface area contributed by atoms with Gasteiger partial charge in [-0.1, -0.05) is 60.7 Å². The smallest absolute Gasteiger partial charge is 0.151 e. The number of ether oxygens (including phenoxy) is 2. The van der Waals surface area contributed by atoms with Gasteiger partial charge in [0.2, 0.25) is 0 Å². The second-order valence-corrected chi connectivity index (χ2v) is 15.0. The summed E-state index contributed by atoms with van der Waals surface area (Å²) in [4.78, 5) is 10.1. The first-order valence-corrected chi connectivity index (χ1v) is 19.7. The van der Waals surface area contributed by atoms with E-state index in [1.54, 1.807) is 0 Å². The van der Waals surface area contributed by atoms with Gasteiger partial charge in [-0.15, -0.1) is 0 Å². The molecule has 0 atom stereocenters. The topological polar surface area (TPSA) is 31.4 Å². The van der Waals surface area contributed by atoms with Crippen molar-refractivity contribution in [3.63, 3.8) is 0 Å². The highest BCUT2D eigenvalue weighted by Gasteiger charge is 2.33. The van der Waals surface area contributed by atoms with Crippen molar-refractivity contribution >= 4 is 67.0 Å². The van der Waals surface area contributed by atoms with Gasteiger partial charge in [0.15, 0.2) is 23.0 Å². The molecule has 0 N–H and O–H groups in total. The van der Waals surface area contributed by atoms with Crippen LogP contribution in [0.5, 0.6) is 23.0 Å². The van der Waals surface area contributed by atoms with Crippen LogP contribution in [0.4, 0.5) is 45.5 Å². The molecule has 54 heavy (non-hydrogen) atoms. The summed E-state index contributed by atoms with van der Waals surface area (Å²) in [7, 11) is 0. The van der Waals surface area contributed by atoms with Crippen LogP contribution in [0.3, 0.4) is 0 Å². The van der Waals surface area contributed by atoms with Crippen LogP contribution in [0.25, 0.3) is 21.5 Å². The molecule has 0 amide bonds. The van der Waals surface area contributed by atoms with Crippen LogP contribution >= 0.6 is 0 Å². The molecule has 7 aromatic rings. The molecule has 4 aliphatic rings. The van der Waals surface area contributed by atoms with Crippen molar-refractivity contribution in [3.8, 4) is 23.0 Å². The molecule has 0 spiro atoms. The summed E-state index contributed by atoms with van der Waals surface area (Å²) in [6.07, 6.45) is 7.47. The lowest BCUT2D eigenvalue weighted by Gasteiger charge is -2.38. The summed E-state index contributed by atoms with van der Waals surface area (Å²) in [6, 6.07) is 48.3. The van der Waals surface area contributed by atoms with Crippen molar-refractivity contribution in [3.05, 3.63) is 133 Å². The molecule has 2 saturated heterocycles. The van der Waals surface area contributed by atoms with E-state index in [1.807, 2.05) is 0 Å². The van der Waals surface area contributed by atoms with Gasteiger partial charge in [0.1, 0.15) is 0 Å². The molecule has 0 saturated carbocycles. The average Bonchev–Trinajstić information content (AvgIpc) is 3.24. The summed E-state index contributed by atoms with van der Waals surface area (Å²) < 4.78 is 13.2. The molecule has 266 valence electrons. The maximum absolute atomic E-state index is 6.59. The van der Waals surface area contributed by atoms with E-state index in [9.17, 15) is 0 Å². The van der Waals surface area contributed by atoms with Crippen molar-refractivity contribution < 1.29 is 9.47 Å². The minimum absolute atomic E-state index is 0.856. The zero-order valence-corrected chi connectivity index (χ0v) is 30.4. The number of para-hydroxylation sites is 8. The van der Waals surface area contributed by atoms with E-state index in [0.29, 0.717) is 0 Å². The van der Waals surface area contributed by atoms with Gasteiger partial charge < -0.3 is 29.1 Å². The van der Waals surface area contributed by atoms with Gasteiger partial charge >= 0.3 is 0 Å². The highest BCUT2D eigenvalue weighted by Crippen LogP contribution is 2.59. The van der Waals surface area contributed by atoms with Crippen LogP contribution in [0, 0.1) is 0 Å². The number of anilines is 8. The Kier molecular flexibility index (Phi) is 7.42. The van der Waals surface area contributed by atoms with E-state index in [4.69, 9.17) is 9.47 Å². The number of benzene rings is 7. The first-order chi connectivity index (χ1) is 26.8. The molecule has 11 rings (SSSR count). The standard InChI is InChI=1S/C48H42N4O2/c1-11-27-49(28-12-1)33-23-25-35-37(31-33)47(51-39-15-3-7-19-43(39)53-44-20-8-4-16-40(44)51)36-26-24-34(50-29-13-2-14-30-50)32-38(36)48(35)52-41-17-5-9-21-45(41)54-46-22-10-6-18-42(46)52/h3-10,15-26,31-32H,1-2,11-14,27-30H2. The predicted octanol–water partition coefficient (Wildman–Crippen LogP) is 13.1. The number of hydrogen-bond donors (Lipinski definition) is 0. The van der Waals surface area contributed by atoms with Crippen LogP contribution in [0.1, 0.15) is 38.5 Å². The molecule has 4 heterocycles. The van der Waals surface area contributed by atoms with Gasteiger partial charge in [0.25, 0.3) is 0 Å². The lowest BCUT2D eigenvalue weighted by atomic mass is 9.93. The predicted molar refractivity (Wildman–Crippen MR) is 223 cm³/mol. The summed E-state index contributed by atoms with van der Waals surface area (Å²) in [5.74, 6) is 3.42. The second kappa shape index (κ2) is 12.8. The Morgan fingerprint density at radius 1 is 0.333 bits per heavy atom. The maximum atomic E-state index is 6.59. The second-order valence-electron chi connectivity index (χ2n) is 15.0. The van der Waals surface area contributed by atoms with E-state index in [2.05, 4.69) is 153 Å². The maximum Gasteiger partial charge on any atom is 0.151 e. The highest BCUT2D eigenvalue weighted by molar-refractivity contribution is 6.25. The number of fused-ring (bicyclic) bond motifs is 6. The van der Waals surface area contributed by atoms with Crippen LogP contribution < -0.4 is 29.1 Å². The Morgan fingerprint density at radius 3 is 1.02 bits per heavy atom. The van der Waals surface area contributed by atoms with Crippen LogP contribution in [0.2, 0.25) is 0 Å². The molecule has 0 bridgehead atoms. The largest absolute Gasteiger partial charge is 0.453 e. The number of rotatable bonds is 4. The Bertz CT molecular complexity index is 2300. The normalized spacial score (nSPS) is 16.3. The van der Waals surface area contributed by atoms with Crippen molar-refractivity contribution in [2.75, 3.05) is 45.8 Å². The third kappa shape index (κ3) is 5.00. The molecule has 0 unspecified atom stereocenters. The van der Waals surface area contributed by atoms with Gasteiger partial charge in [0.05, 0.1) is 34.1 Å². The molecular formula is C48H42N4O2. The molecule has 0 aliphatic carbocycles. The Morgan fingerprint density at radius 2 is 0.667 bits per heavy atom. The van der Waals surface area contributed by atoms with Crippen molar-refractivity contribution in [2.45, 2.75) is 38.5 Å². The Balaban J connectivity index is 1.29. The first kappa shape index (κ1) is 31.4. The van der Waals surface area contributed by atoms with Crippen molar-refractivity contribution in [1.29, 1.82) is 0 Å². The van der Waals surface area contributed by atoms with Gasteiger partial charge in [-0.05, 0) is 111 Å². The van der Waals surface area contributed by atoms with Gasteiger partial charge in [-0.2, -0.15) is 0 Å². The van der Waals surface area contributed by atoms with Gasteiger partial charge in [-0.25, -0.2) is 0 Å². The SMILES string of the molecule is c1ccc2c(c1)Oc1ccccc1N2c1c2ccc(N3CCCCC3)cc2c(N2c3ccccc3Oc3ccccc32)c2ccc(N3CCCCC3)cc12. The van der Waals surface area contributed by atoms with Crippen LogP contribution in [-0.4, -0.2) is 26.2 Å². The van der Waals surface area contributed by atoms with Gasteiger partial charge in [0, 0.05) is 59.1 Å². The molecule has 2 fully saturated rings. The summed E-state index contributed by atoms with van der Waals surface area (Å²) >= 11 is 0. The van der Waals surface area contributed by atoms with Gasteiger partial charge in [-0.3, -0.25) is 0 Å². The number of piperidine rings is 2. The molecule has 6 nitrogen and oxygen atoms in total. The zero-order chi connectivity index (χ0) is 35.6. The minimum atomic E-state index is 0.856. The van der Waals surface area contributed by atoms with Crippen LogP contribution in [0.15, 0.2) is 133 Å². The molecule has 0 radical (unpaired) electrons. The summed E-state index contributed by atoms with van der Waals surface area (Å²) in [6.45, 7) is 4.31. The van der Waals surface area contributed by atoms with E-state index in [0.717, 1.165) is 71.9 Å². The fourth-order valence-electron chi connectivity index (χ4n) is 9.23. The third-order valence-corrected chi connectivity index (χ3v) is 11.8. The van der Waals surface area contributed by atoms with E-state index in [1.165, 1.54) is 82.8 Å². The first-order valence-electron chi connectivity index (χ1n) is 19.7. The van der Waals surface area contributed by atoms with Crippen LogP contribution in [-0.2, 0) is 0 Å². The number of hydrogen-bond acceptors (Lipinski definition) is 6. The lowest BCUT2D eigenvalue weighted by Crippen LogP contribution is -2.29. The zero-order valence-electron chi connectivity index (χ0n) is 30.4. The highest BCUT2D eigenvalue weighted by atomic mass is 16.5. The molecule has 4 aliphatic heterocycles. The molecular weight excluding hydrogens is 665 g/mol. The van der Waals surface area contributed by atoms with E-state index in [-0.39, 0.29) is 0 Å². The Hall–Kier alpha value is -6.14. The quantitative estimate of drug-likeness (QED) is 0.169. The average molecular weight is 707 g/mol. The Labute approximate surface area is 316 Å². The third-order valence-electron chi connectivity index (χ3n) is 11.8. The van der Waals surface area contributed by atoms with E-state index >= 15 is 0 Å². The lowest BCUT2D eigenvalue weighted by molar-refractivity contribution is 0.477. The van der Waals surface area contributed by atoms with Crippen molar-refractivity contribution in [2.24, 2.45) is 0 Å². The molecule has 7 aromatic carbocycles. The molecule has 6 heteroatoms. The van der Waals surface area contributed by atoms with Crippen molar-refractivity contribution in [1.82, 2.24) is 0 Å². The van der Waals surface area contributed by atoms with E-state index < -0.39 is 0 Å². The molecule has 0 aromatic heterocycles. The minimum Gasteiger partial charge on any atom is -0.453 e.